The molecule has 6 nitrogen and oxygen atoms in total. The number of carbonyl (C=O) groups excluding carboxylic acids is 1. The van der Waals surface area contributed by atoms with E-state index in [9.17, 15) is 4.79 Å². The molecule has 32 heavy (non-hydrogen) atoms. The summed E-state index contributed by atoms with van der Waals surface area (Å²) in [5, 5.41) is 3.57. The number of likely N-dealkylation sites (tertiary alicyclic amines) is 1. The van der Waals surface area contributed by atoms with Crippen molar-refractivity contribution in [3.63, 3.8) is 0 Å². The van der Waals surface area contributed by atoms with E-state index in [0.29, 0.717) is 17.7 Å². The van der Waals surface area contributed by atoms with Crippen LogP contribution in [0.5, 0.6) is 0 Å². The topological polar surface area (TPSA) is 51.2 Å². The van der Waals surface area contributed by atoms with Gasteiger partial charge in [-0.1, -0.05) is 24.6 Å². The second kappa shape index (κ2) is 13.0. The van der Waals surface area contributed by atoms with Crippen molar-refractivity contribution in [1.29, 1.82) is 0 Å². The monoisotopic (exact) mass is 571 g/mol. The molecule has 3 aliphatic rings. The maximum absolute atomic E-state index is 12.4. The van der Waals surface area contributed by atoms with Gasteiger partial charge in [-0.3, -0.25) is 14.7 Å². The number of hydrogen-bond acceptors (Lipinski definition) is 4. The molecule has 0 spiro atoms. The van der Waals surface area contributed by atoms with Crippen molar-refractivity contribution in [1.82, 2.24) is 20.0 Å². The molecule has 2 heterocycles. The Kier molecular flexibility index (Phi) is 10.4. The summed E-state index contributed by atoms with van der Waals surface area (Å²) in [4.78, 5) is 25.3. The van der Waals surface area contributed by atoms with Gasteiger partial charge in [0.15, 0.2) is 5.96 Å². The van der Waals surface area contributed by atoms with Crippen LogP contribution in [0.4, 0.5) is 0 Å². The van der Waals surface area contributed by atoms with E-state index < -0.39 is 0 Å². The molecule has 8 heteroatoms. The summed E-state index contributed by atoms with van der Waals surface area (Å²) >= 11 is 1.96. The van der Waals surface area contributed by atoms with Gasteiger partial charge in [-0.25, -0.2) is 0 Å². The molecule has 2 aliphatic heterocycles. The summed E-state index contributed by atoms with van der Waals surface area (Å²) in [5.74, 6) is 3.64. The van der Waals surface area contributed by atoms with Gasteiger partial charge in [-0.2, -0.15) is 0 Å². The molecule has 1 saturated carbocycles. The Morgan fingerprint density at radius 1 is 1.06 bits per heavy atom. The number of amides is 1. The lowest BCUT2D eigenvalue weighted by atomic mass is 9.84. The molecule has 1 N–H and O–H groups in total. The number of carbonyl (C=O) groups is 1. The second-order valence-corrected chi connectivity index (χ2v) is 10.1. The summed E-state index contributed by atoms with van der Waals surface area (Å²) in [5.41, 5.74) is 0. The Bertz CT molecular complexity index is 737. The van der Waals surface area contributed by atoms with E-state index in [-0.39, 0.29) is 24.0 Å². The van der Waals surface area contributed by atoms with Gasteiger partial charge < -0.3 is 15.1 Å². The molecule has 1 unspecified atom stereocenters. The van der Waals surface area contributed by atoms with Gasteiger partial charge in [0.2, 0.25) is 5.91 Å². The van der Waals surface area contributed by atoms with Crippen molar-refractivity contribution in [2.75, 3.05) is 65.2 Å². The van der Waals surface area contributed by atoms with Crippen LogP contribution in [0, 0.1) is 11.8 Å². The van der Waals surface area contributed by atoms with Gasteiger partial charge in [-0.15, -0.1) is 35.7 Å². The third kappa shape index (κ3) is 7.00. The molecule has 178 valence electrons. The Labute approximate surface area is 214 Å². The summed E-state index contributed by atoms with van der Waals surface area (Å²) in [7, 11) is 1.89. The molecule has 0 aromatic heterocycles. The van der Waals surface area contributed by atoms with Crippen molar-refractivity contribution in [2.24, 2.45) is 16.8 Å². The summed E-state index contributed by atoms with van der Waals surface area (Å²) in [6, 6.07) is 10.7. The number of benzene rings is 1. The molecule has 0 radical (unpaired) electrons. The van der Waals surface area contributed by atoms with Gasteiger partial charge in [0, 0.05) is 76.0 Å². The number of aliphatic imine (C=N–C) groups is 1. The molecule has 2 saturated heterocycles. The quantitative estimate of drug-likeness (QED) is 0.236. The van der Waals surface area contributed by atoms with Crippen molar-refractivity contribution in [3.8, 4) is 0 Å². The lowest BCUT2D eigenvalue weighted by Crippen LogP contribution is -2.52. The normalized spacial score (nSPS) is 22.4. The van der Waals surface area contributed by atoms with Crippen LogP contribution in [-0.4, -0.2) is 91.7 Å². The zero-order valence-electron chi connectivity index (χ0n) is 19.2. The number of piperazine rings is 1. The second-order valence-electron chi connectivity index (χ2n) is 8.99. The average Bonchev–Trinajstić information content (AvgIpc) is 3.24. The predicted molar refractivity (Wildman–Crippen MR) is 144 cm³/mol. The third-order valence-corrected chi connectivity index (χ3v) is 8.12. The summed E-state index contributed by atoms with van der Waals surface area (Å²) < 4.78 is 0. The SMILES string of the molecule is CN=C(NCCN1CCN(C(=O)C2CCC2)CC1)N1CCC(CSc2ccccc2)C1.I. The standard InChI is InChI=1S/C24H37N5OS.HI/c1-25-24(29-12-10-20(18-29)19-31-22-8-3-2-4-9-22)26-11-13-27-14-16-28(17-15-27)23(30)21-6-5-7-21;/h2-4,8-9,20-21H,5-7,10-19H2,1H3,(H,25,26);1H. The highest BCUT2D eigenvalue weighted by molar-refractivity contribution is 14.0. The van der Waals surface area contributed by atoms with Crippen molar-refractivity contribution in [2.45, 2.75) is 30.6 Å². The fourth-order valence-electron chi connectivity index (χ4n) is 4.66. The Morgan fingerprint density at radius 3 is 2.47 bits per heavy atom. The van der Waals surface area contributed by atoms with Crippen LogP contribution < -0.4 is 5.32 Å². The Morgan fingerprint density at radius 2 is 1.81 bits per heavy atom. The van der Waals surface area contributed by atoms with E-state index >= 15 is 0 Å². The van der Waals surface area contributed by atoms with Crippen molar-refractivity contribution >= 4 is 47.6 Å². The van der Waals surface area contributed by atoms with E-state index in [1.54, 1.807) is 0 Å². The number of nitrogens with one attached hydrogen (secondary N) is 1. The average molecular weight is 572 g/mol. The van der Waals surface area contributed by atoms with E-state index in [2.05, 4.69) is 55.3 Å². The summed E-state index contributed by atoms with van der Waals surface area (Å²) in [6.45, 7) is 7.83. The number of nitrogens with zero attached hydrogens (tertiary/aromatic N) is 4. The smallest absolute Gasteiger partial charge is 0.225 e. The lowest BCUT2D eigenvalue weighted by molar-refractivity contribution is -0.139. The van der Waals surface area contributed by atoms with Gasteiger partial charge >= 0.3 is 0 Å². The lowest BCUT2D eigenvalue weighted by Gasteiger charge is -2.38. The van der Waals surface area contributed by atoms with Crippen molar-refractivity contribution in [3.05, 3.63) is 30.3 Å². The molecule has 0 bridgehead atoms. The molecule has 1 atom stereocenters. The first-order chi connectivity index (χ1) is 15.2. The molecular formula is C24H38IN5OS. The van der Waals surface area contributed by atoms with Crippen LogP contribution >= 0.6 is 35.7 Å². The summed E-state index contributed by atoms with van der Waals surface area (Å²) in [6.07, 6.45) is 4.67. The Balaban J connectivity index is 0.00000289. The van der Waals surface area contributed by atoms with Gasteiger partial charge in [0.25, 0.3) is 0 Å². The minimum Gasteiger partial charge on any atom is -0.355 e. The zero-order chi connectivity index (χ0) is 21.5. The molecule has 4 rings (SSSR count). The number of thioether (sulfide) groups is 1. The highest BCUT2D eigenvalue weighted by Gasteiger charge is 2.31. The molecule has 1 amide bonds. The van der Waals surface area contributed by atoms with Crippen LogP contribution in [0.2, 0.25) is 0 Å². The third-order valence-electron chi connectivity index (χ3n) is 6.88. The first-order valence-electron chi connectivity index (χ1n) is 11.9. The molecule has 1 aromatic carbocycles. The molecule has 3 fully saturated rings. The fraction of sp³-hybridized carbons (Fsp3) is 0.667. The van der Waals surface area contributed by atoms with Crippen LogP contribution in [0.15, 0.2) is 40.2 Å². The van der Waals surface area contributed by atoms with E-state index in [1.807, 2.05) is 18.8 Å². The fourth-order valence-corrected chi connectivity index (χ4v) is 5.71. The molecule has 1 aromatic rings. The number of rotatable bonds is 7. The predicted octanol–water partition coefficient (Wildman–Crippen LogP) is 3.24. The zero-order valence-corrected chi connectivity index (χ0v) is 22.4. The minimum atomic E-state index is 0. The van der Waals surface area contributed by atoms with Crippen LogP contribution in [0.3, 0.4) is 0 Å². The van der Waals surface area contributed by atoms with Crippen molar-refractivity contribution < 1.29 is 4.79 Å². The number of hydrogen-bond donors (Lipinski definition) is 1. The number of guanidine groups is 1. The highest BCUT2D eigenvalue weighted by atomic mass is 127. The van der Waals surface area contributed by atoms with E-state index in [4.69, 9.17) is 0 Å². The Hall–Kier alpha value is -1.000. The van der Waals surface area contributed by atoms with Crippen LogP contribution in [0.25, 0.3) is 0 Å². The first-order valence-corrected chi connectivity index (χ1v) is 12.9. The maximum Gasteiger partial charge on any atom is 0.225 e. The van der Waals surface area contributed by atoms with E-state index in [0.717, 1.165) is 71.2 Å². The van der Waals surface area contributed by atoms with Gasteiger partial charge in [0.05, 0.1) is 0 Å². The van der Waals surface area contributed by atoms with Crippen LogP contribution in [0.1, 0.15) is 25.7 Å². The molecule has 1 aliphatic carbocycles. The van der Waals surface area contributed by atoms with Crippen LogP contribution in [-0.2, 0) is 4.79 Å². The van der Waals surface area contributed by atoms with Gasteiger partial charge in [0.1, 0.15) is 0 Å². The largest absolute Gasteiger partial charge is 0.355 e. The maximum atomic E-state index is 12.4. The minimum absolute atomic E-state index is 0. The first kappa shape index (κ1) is 25.6. The molecular weight excluding hydrogens is 533 g/mol. The highest BCUT2D eigenvalue weighted by Crippen LogP contribution is 2.28. The van der Waals surface area contributed by atoms with E-state index in [1.165, 1.54) is 23.5 Å². The van der Waals surface area contributed by atoms with Gasteiger partial charge in [-0.05, 0) is 37.3 Å². The number of halogens is 1.